The van der Waals surface area contributed by atoms with E-state index in [1.165, 1.54) is 17.6 Å². The summed E-state index contributed by atoms with van der Waals surface area (Å²) in [6, 6.07) is 10.9. The smallest absolute Gasteiger partial charge is 0.267 e. The maximum Gasteiger partial charge on any atom is 0.472 e. The standard InChI is InChI=1S/C16H15F3N4O4S/c1-28(26,27)23(13-5-3-2-4-6-13)10-12-8-7-11(9-20-12)14(24)21-22-15(25)16(17,18)19/h2-9H,10H2,1H3,(H,21,24)(H,22,25). The molecule has 0 unspecified atom stereocenters. The summed E-state index contributed by atoms with van der Waals surface area (Å²) in [5.74, 6) is -3.34. The Kier molecular flexibility index (Phi) is 6.23. The van der Waals surface area contributed by atoms with Crippen LogP contribution >= 0.6 is 0 Å². The van der Waals surface area contributed by atoms with Crippen molar-refractivity contribution in [3.63, 3.8) is 0 Å². The van der Waals surface area contributed by atoms with Crippen molar-refractivity contribution in [2.24, 2.45) is 0 Å². The number of sulfonamides is 1. The van der Waals surface area contributed by atoms with Crippen LogP contribution in [0.5, 0.6) is 0 Å². The normalized spacial score (nSPS) is 11.6. The average Bonchev–Trinajstić information content (AvgIpc) is 2.63. The van der Waals surface area contributed by atoms with Crippen molar-refractivity contribution in [3.05, 3.63) is 59.9 Å². The number of alkyl halides is 3. The fourth-order valence-electron chi connectivity index (χ4n) is 2.05. The lowest BCUT2D eigenvalue weighted by atomic mass is 10.2. The number of aromatic nitrogens is 1. The molecule has 2 N–H and O–H groups in total. The molecule has 28 heavy (non-hydrogen) atoms. The van der Waals surface area contributed by atoms with Gasteiger partial charge in [0.2, 0.25) is 10.0 Å². The molecule has 1 heterocycles. The Bertz CT molecular complexity index is 948. The molecule has 12 heteroatoms. The van der Waals surface area contributed by atoms with E-state index >= 15 is 0 Å². The molecule has 0 fully saturated rings. The molecule has 2 aromatic rings. The summed E-state index contributed by atoms with van der Waals surface area (Å²) < 4.78 is 61.4. The summed E-state index contributed by atoms with van der Waals surface area (Å²) in [6.07, 6.45) is -3.05. The Hall–Kier alpha value is -3.15. The fourth-order valence-corrected chi connectivity index (χ4v) is 2.92. The number of carbonyl (C=O) groups is 2. The van der Waals surface area contributed by atoms with E-state index in [4.69, 9.17) is 0 Å². The van der Waals surface area contributed by atoms with Crippen LogP contribution in [0.2, 0.25) is 0 Å². The first-order valence-corrected chi connectivity index (χ1v) is 9.48. The van der Waals surface area contributed by atoms with Gasteiger partial charge in [0, 0.05) is 6.20 Å². The molecule has 0 atom stereocenters. The van der Waals surface area contributed by atoms with Gasteiger partial charge < -0.3 is 0 Å². The number of nitrogens with one attached hydrogen (secondary N) is 2. The lowest BCUT2D eigenvalue weighted by molar-refractivity contribution is -0.174. The van der Waals surface area contributed by atoms with Crippen LogP contribution in [0.3, 0.4) is 0 Å². The number of carbonyl (C=O) groups excluding carboxylic acids is 2. The van der Waals surface area contributed by atoms with E-state index in [9.17, 15) is 31.2 Å². The van der Waals surface area contributed by atoms with Crippen LogP contribution in [0.25, 0.3) is 0 Å². The Balaban J connectivity index is 2.09. The number of anilines is 1. The molecule has 1 aromatic carbocycles. The molecule has 1 aromatic heterocycles. The van der Waals surface area contributed by atoms with Crippen molar-refractivity contribution in [1.82, 2.24) is 15.8 Å². The van der Waals surface area contributed by atoms with Gasteiger partial charge in [-0.2, -0.15) is 13.2 Å². The molecule has 2 rings (SSSR count). The first-order valence-electron chi connectivity index (χ1n) is 7.63. The highest BCUT2D eigenvalue weighted by Crippen LogP contribution is 2.19. The van der Waals surface area contributed by atoms with E-state index < -0.39 is 28.0 Å². The van der Waals surface area contributed by atoms with Gasteiger partial charge in [-0.25, -0.2) is 8.42 Å². The number of hydrazine groups is 1. The molecule has 8 nitrogen and oxygen atoms in total. The summed E-state index contributed by atoms with van der Waals surface area (Å²) in [7, 11) is -3.61. The summed E-state index contributed by atoms with van der Waals surface area (Å²) in [5, 5.41) is 0. The molecule has 0 aliphatic rings. The van der Waals surface area contributed by atoms with E-state index in [1.807, 2.05) is 0 Å². The van der Waals surface area contributed by atoms with E-state index in [0.29, 0.717) is 11.4 Å². The maximum absolute atomic E-state index is 12.1. The van der Waals surface area contributed by atoms with Gasteiger partial charge in [0.1, 0.15) is 0 Å². The molecule has 0 spiro atoms. The van der Waals surface area contributed by atoms with E-state index in [0.717, 1.165) is 16.8 Å². The highest BCUT2D eigenvalue weighted by Gasteiger charge is 2.39. The van der Waals surface area contributed by atoms with Crippen LogP contribution in [-0.2, 0) is 21.4 Å². The van der Waals surface area contributed by atoms with Crippen LogP contribution in [-0.4, -0.2) is 37.6 Å². The van der Waals surface area contributed by atoms with Crippen LogP contribution < -0.4 is 15.2 Å². The lowest BCUT2D eigenvalue weighted by Crippen LogP contribution is -2.47. The van der Waals surface area contributed by atoms with Gasteiger partial charge in [0.15, 0.2) is 0 Å². The van der Waals surface area contributed by atoms with Crippen LogP contribution in [0.1, 0.15) is 16.1 Å². The Morgan fingerprint density at radius 3 is 2.21 bits per heavy atom. The topological polar surface area (TPSA) is 108 Å². The fraction of sp³-hybridized carbons (Fsp3) is 0.188. The van der Waals surface area contributed by atoms with Crippen LogP contribution in [0.15, 0.2) is 48.7 Å². The summed E-state index contributed by atoms with van der Waals surface area (Å²) in [4.78, 5) is 26.4. The van der Waals surface area contributed by atoms with Crippen molar-refractivity contribution in [1.29, 1.82) is 0 Å². The molecule has 0 radical (unpaired) electrons. The molecule has 0 saturated heterocycles. The maximum atomic E-state index is 12.1. The second-order valence-corrected chi connectivity index (χ2v) is 7.46. The number of rotatable bonds is 5. The van der Waals surface area contributed by atoms with Gasteiger partial charge in [0.05, 0.1) is 29.7 Å². The van der Waals surface area contributed by atoms with Gasteiger partial charge in [-0.15, -0.1) is 0 Å². The van der Waals surface area contributed by atoms with Crippen LogP contribution in [0, 0.1) is 0 Å². The predicted molar refractivity (Wildman–Crippen MR) is 93.4 cm³/mol. The second kappa shape index (κ2) is 8.25. The Labute approximate surface area is 158 Å². The van der Waals surface area contributed by atoms with E-state index in [-0.39, 0.29) is 12.1 Å². The van der Waals surface area contributed by atoms with E-state index in [2.05, 4.69) is 4.98 Å². The zero-order valence-electron chi connectivity index (χ0n) is 14.4. The lowest BCUT2D eigenvalue weighted by Gasteiger charge is -2.22. The average molecular weight is 416 g/mol. The van der Waals surface area contributed by atoms with Crippen molar-refractivity contribution in [2.75, 3.05) is 10.6 Å². The number of hydrogen-bond acceptors (Lipinski definition) is 5. The molecular formula is C16H15F3N4O4S. The number of benzene rings is 1. The van der Waals surface area contributed by atoms with Gasteiger partial charge >= 0.3 is 12.1 Å². The van der Waals surface area contributed by atoms with Crippen LogP contribution in [0.4, 0.5) is 18.9 Å². The van der Waals surface area contributed by atoms with Crippen molar-refractivity contribution >= 4 is 27.5 Å². The molecular weight excluding hydrogens is 401 g/mol. The zero-order valence-corrected chi connectivity index (χ0v) is 15.2. The first-order chi connectivity index (χ1) is 13.0. The molecule has 0 aliphatic carbocycles. The zero-order chi connectivity index (χ0) is 20.9. The molecule has 150 valence electrons. The number of nitrogens with zero attached hydrogens (tertiary/aromatic N) is 2. The molecule has 0 aliphatic heterocycles. The number of para-hydroxylation sites is 1. The molecule has 0 bridgehead atoms. The highest BCUT2D eigenvalue weighted by molar-refractivity contribution is 7.92. The van der Waals surface area contributed by atoms with Gasteiger partial charge in [-0.1, -0.05) is 18.2 Å². The number of hydrogen-bond donors (Lipinski definition) is 2. The van der Waals surface area contributed by atoms with Crippen molar-refractivity contribution in [2.45, 2.75) is 12.7 Å². The third-order valence-electron chi connectivity index (χ3n) is 3.38. The van der Waals surface area contributed by atoms with Gasteiger partial charge in [-0.3, -0.25) is 29.7 Å². The Morgan fingerprint density at radius 2 is 1.71 bits per heavy atom. The predicted octanol–water partition coefficient (Wildman–Crippen LogP) is 1.37. The third kappa shape index (κ3) is 5.67. The third-order valence-corrected chi connectivity index (χ3v) is 4.52. The SMILES string of the molecule is CS(=O)(=O)N(Cc1ccc(C(=O)NNC(=O)C(F)(F)F)cn1)c1ccccc1. The minimum Gasteiger partial charge on any atom is -0.267 e. The minimum absolute atomic E-state index is 0.116. The number of pyridine rings is 1. The van der Waals surface area contributed by atoms with Crippen molar-refractivity contribution in [3.8, 4) is 0 Å². The Morgan fingerprint density at radius 1 is 1.07 bits per heavy atom. The minimum atomic E-state index is -5.14. The molecule has 2 amide bonds. The monoisotopic (exact) mass is 416 g/mol. The summed E-state index contributed by atoms with van der Waals surface area (Å²) in [5.41, 5.74) is 3.43. The van der Waals surface area contributed by atoms with Gasteiger partial charge in [-0.05, 0) is 24.3 Å². The van der Waals surface area contributed by atoms with Crippen molar-refractivity contribution < 1.29 is 31.2 Å². The largest absolute Gasteiger partial charge is 0.472 e. The number of halogens is 3. The summed E-state index contributed by atoms with van der Waals surface area (Å²) >= 11 is 0. The quantitative estimate of drug-likeness (QED) is 0.716. The summed E-state index contributed by atoms with van der Waals surface area (Å²) in [6.45, 7) is -0.116. The van der Waals surface area contributed by atoms with E-state index in [1.54, 1.807) is 35.8 Å². The first kappa shape index (κ1) is 21.2. The highest BCUT2D eigenvalue weighted by atomic mass is 32.2. The molecule has 0 saturated carbocycles. The number of amides is 2. The van der Waals surface area contributed by atoms with Gasteiger partial charge in [0.25, 0.3) is 5.91 Å². The second-order valence-electron chi connectivity index (χ2n) is 5.55.